The van der Waals surface area contributed by atoms with Crippen molar-refractivity contribution in [3.05, 3.63) is 28.2 Å². The molecule has 0 spiro atoms. The van der Waals surface area contributed by atoms with Crippen molar-refractivity contribution in [1.82, 2.24) is 0 Å². The average molecular weight is 333 g/mol. The van der Waals surface area contributed by atoms with Crippen LogP contribution in [0.1, 0.15) is 25.7 Å². The highest BCUT2D eigenvalue weighted by atomic mass is 79.9. The van der Waals surface area contributed by atoms with Crippen molar-refractivity contribution < 1.29 is 13.6 Å². The Morgan fingerprint density at radius 1 is 1.21 bits per heavy atom. The summed E-state index contributed by atoms with van der Waals surface area (Å²) in [4.78, 5) is 12.0. The van der Waals surface area contributed by atoms with Crippen molar-refractivity contribution in [1.29, 1.82) is 0 Å². The minimum Gasteiger partial charge on any atom is -0.328 e. The molecule has 6 heteroatoms. The van der Waals surface area contributed by atoms with Crippen LogP contribution >= 0.6 is 15.9 Å². The van der Waals surface area contributed by atoms with Gasteiger partial charge in [-0.2, -0.15) is 0 Å². The minimum atomic E-state index is -0.785. The van der Waals surface area contributed by atoms with E-state index in [1.807, 2.05) is 0 Å². The average Bonchev–Trinajstić information content (AvgIpc) is 2.34. The van der Waals surface area contributed by atoms with Crippen molar-refractivity contribution >= 4 is 27.5 Å². The number of nitrogens with two attached hydrogens (primary N) is 1. The molecule has 19 heavy (non-hydrogen) atoms. The van der Waals surface area contributed by atoms with Gasteiger partial charge in [-0.05, 0) is 37.8 Å². The van der Waals surface area contributed by atoms with Crippen molar-refractivity contribution in [2.75, 3.05) is 5.32 Å². The molecule has 0 radical (unpaired) electrons. The molecule has 0 aromatic heterocycles. The molecule has 1 aliphatic rings. The van der Waals surface area contributed by atoms with Gasteiger partial charge >= 0.3 is 0 Å². The van der Waals surface area contributed by atoms with Crippen molar-refractivity contribution in [3.8, 4) is 0 Å². The summed E-state index contributed by atoms with van der Waals surface area (Å²) < 4.78 is 27.5. The molecule has 0 unspecified atom stereocenters. The van der Waals surface area contributed by atoms with Crippen molar-refractivity contribution in [3.63, 3.8) is 0 Å². The van der Waals surface area contributed by atoms with E-state index in [2.05, 4.69) is 21.2 Å². The number of halogens is 3. The maximum Gasteiger partial charge on any atom is 0.227 e. The molecular weight excluding hydrogens is 318 g/mol. The number of nitrogens with one attached hydrogen (secondary N) is 1. The zero-order valence-electron chi connectivity index (χ0n) is 10.3. The number of carbonyl (C=O) groups is 1. The quantitative estimate of drug-likeness (QED) is 0.873. The molecule has 0 atom stereocenters. The first-order valence-corrected chi connectivity index (χ1v) is 6.97. The Morgan fingerprint density at radius 2 is 1.74 bits per heavy atom. The van der Waals surface area contributed by atoms with E-state index in [-0.39, 0.29) is 23.6 Å². The summed E-state index contributed by atoms with van der Waals surface area (Å²) in [6.45, 7) is 0. The van der Waals surface area contributed by atoms with Crippen LogP contribution < -0.4 is 11.1 Å². The van der Waals surface area contributed by atoms with Crippen LogP contribution in [0.2, 0.25) is 0 Å². The molecule has 1 saturated carbocycles. The van der Waals surface area contributed by atoms with Gasteiger partial charge < -0.3 is 11.1 Å². The van der Waals surface area contributed by atoms with E-state index >= 15 is 0 Å². The lowest BCUT2D eigenvalue weighted by molar-refractivity contribution is -0.120. The topological polar surface area (TPSA) is 55.1 Å². The van der Waals surface area contributed by atoms with Gasteiger partial charge in [0.1, 0.15) is 5.69 Å². The summed E-state index contributed by atoms with van der Waals surface area (Å²) >= 11 is 2.99. The van der Waals surface area contributed by atoms with Gasteiger partial charge in [-0.3, -0.25) is 4.79 Å². The molecule has 1 aromatic carbocycles. The summed E-state index contributed by atoms with van der Waals surface area (Å²) in [5, 5.41) is 2.34. The van der Waals surface area contributed by atoms with E-state index in [1.165, 1.54) is 0 Å². The zero-order valence-corrected chi connectivity index (χ0v) is 11.8. The highest BCUT2D eigenvalue weighted by Gasteiger charge is 2.26. The van der Waals surface area contributed by atoms with Gasteiger partial charge in [0.05, 0.1) is 0 Å². The molecule has 104 valence electrons. The molecule has 0 heterocycles. The van der Waals surface area contributed by atoms with Gasteiger partial charge in [0.15, 0.2) is 11.6 Å². The summed E-state index contributed by atoms with van der Waals surface area (Å²) in [6.07, 6.45) is 2.85. The predicted octanol–water partition coefficient (Wildman–Crippen LogP) is 3.18. The first-order valence-electron chi connectivity index (χ1n) is 6.18. The van der Waals surface area contributed by atoms with Crippen LogP contribution in [-0.4, -0.2) is 11.9 Å². The number of carbonyl (C=O) groups excluding carboxylic acids is 1. The monoisotopic (exact) mass is 332 g/mol. The highest BCUT2D eigenvalue weighted by Crippen LogP contribution is 2.27. The number of amides is 1. The van der Waals surface area contributed by atoms with Gasteiger partial charge in [-0.1, -0.05) is 15.9 Å². The third-order valence-electron chi connectivity index (χ3n) is 3.40. The van der Waals surface area contributed by atoms with E-state index in [4.69, 9.17) is 5.73 Å². The van der Waals surface area contributed by atoms with E-state index in [1.54, 1.807) is 0 Å². The maximum absolute atomic E-state index is 13.6. The third-order valence-corrected chi connectivity index (χ3v) is 3.86. The lowest BCUT2D eigenvalue weighted by atomic mass is 9.86. The largest absolute Gasteiger partial charge is 0.328 e. The first-order chi connectivity index (χ1) is 8.97. The predicted molar refractivity (Wildman–Crippen MR) is 72.6 cm³/mol. The molecule has 0 bridgehead atoms. The number of anilines is 1. The molecule has 1 fully saturated rings. The number of hydrogen-bond donors (Lipinski definition) is 2. The summed E-state index contributed by atoms with van der Waals surface area (Å²) in [5.41, 5.74) is 5.37. The van der Waals surface area contributed by atoms with Crippen LogP contribution in [0.25, 0.3) is 0 Å². The number of rotatable bonds is 2. The normalized spacial score (nSPS) is 23.2. The second-order valence-corrected chi connectivity index (χ2v) is 5.76. The SMILES string of the molecule is NC1CCC(C(=O)Nc2c(F)cc(Br)cc2F)CC1. The van der Waals surface area contributed by atoms with E-state index in [0.717, 1.165) is 25.0 Å². The van der Waals surface area contributed by atoms with Crippen LogP contribution in [-0.2, 0) is 4.79 Å². The number of hydrogen-bond acceptors (Lipinski definition) is 2. The molecule has 2 rings (SSSR count). The Hall–Kier alpha value is -1.01. The second kappa shape index (κ2) is 5.96. The Kier molecular flexibility index (Phi) is 4.52. The van der Waals surface area contributed by atoms with Crippen LogP contribution in [0.3, 0.4) is 0 Å². The van der Waals surface area contributed by atoms with E-state index < -0.39 is 11.6 Å². The van der Waals surface area contributed by atoms with Crippen molar-refractivity contribution in [2.45, 2.75) is 31.7 Å². The van der Waals surface area contributed by atoms with Crippen LogP contribution in [0.5, 0.6) is 0 Å². The van der Waals surface area contributed by atoms with E-state index in [0.29, 0.717) is 17.3 Å². The van der Waals surface area contributed by atoms with Crippen molar-refractivity contribution in [2.24, 2.45) is 11.7 Å². The molecule has 0 aliphatic heterocycles. The summed E-state index contributed by atoms with van der Waals surface area (Å²) in [6, 6.07) is 2.37. The van der Waals surface area contributed by atoms with E-state index in [9.17, 15) is 13.6 Å². The lowest BCUT2D eigenvalue weighted by Crippen LogP contribution is -2.32. The van der Waals surface area contributed by atoms with Crippen LogP contribution in [0, 0.1) is 17.6 Å². The molecule has 3 N–H and O–H groups in total. The summed E-state index contributed by atoms with van der Waals surface area (Å²) in [7, 11) is 0. The summed E-state index contributed by atoms with van der Waals surface area (Å²) in [5.74, 6) is -2.13. The van der Waals surface area contributed by atoms with Gasteiger partial charge in [0.2, 0.25) is 5.91 Å². The molecular formula is C13H15BrF2N2O. The molecule has 1 aromatic rings. The Morgan fingerprint density at radius 3 is 2.26 bits per heavy atom. The lowest BCUT2D eigenvalue weighted by Gasteiger charge is -2.25. The third kappa shape index (κ3) is 3.51. The molecule has 0 saturated heterocycles. The fraction of sp³-hybridized carbons (Fsp3) is 0.462. The fourth-order valence-corrected chi connectivity index (χ4v) is 2.67. The molecule has 3 nitrogen and oxygen atoms in total. The van der Waals surface area contributed by atoms with Gasteiger partial charge in [-0.15, -0.1) is 0 Å². The smallest absolute Gasteiger partial charge is 0.227 e. The molecule has 1 amide bonds. The van der Waals surface area contributed by atoms with Crippen LogP contribution in [0.15, 0.2) is 16.6 Å². The second-order valence-electron chi connectivity index (χ2n) is 4.85. The van der Waals surface area contributed by atoms with Gasteiger partial charge in [-0.25, -0.2) is 8.78 Å². The highest BCUT2D eigenvalue weighted by molar-refractivity contribution is 9.10. The molecule has 1 aliphatic carbocycles. The maximum atomic E-state index is 13.6. The van der Waals surface area contributed by atoms with Gasteiger partial charge in [0, 0.05) is 16.4 Å². The zero-order chi connectivity index (χ0) is 14.0. The fourth-order valence-electron chi connectivity index (χ4n) is 2.27. The number of benzene rings is 1. The Labute approximate surface area is 118 Å². The van der Waals surface area contributed by atoms with Crippen LogP contribution in [0.4, 0.5) is 14.5 Å². The Bertz CT molecular complexity index is 465. The van der Waals surface area contributed by atoms with Gasteiger partial charge in [0.25, 0.3) is 0 Å². The Balaban J connectivity index is 2.07. The first kappa shape index (κ1) is 14.4. The standard InChI is InChI=1S/C13H15BrF2N2O/c14-8-5-10(15)12(11(16)6-8)18-13(19)7-1-3-9(17)4-2-7/h5-7,9H,1-4,17H2,(H,18,19). The minimum absolute atomic E-state index is 0.130.